The molecule has 0 radical (unpaired) electrons. The Morgan fingerprint density at radius 2 is 1.70 bits per heavy atom. The van der Waals surface area contributed by atoms with Crippen molar-refractivity contribution in [2.75, 3.05) is 5.32 Å². The largest absolute Gasteiger partial charge is 0.351 e. The van der Waals surface area contributed by atoms with Gasteiger partial charge in [0.1, 0.15) is 0 Å². The summed E-state index contributed by atoms with van der Waals surface area (Å²) in [4.78, 5) is 0. The summed E-state index contributed by atoms with van der Waals surface area (Å²) in [5, 5.41) is 18.1. The summed E-state index contributed by atoms with van der Waals surface area (Å²) in [6.45, 7) is 0. The van der Waals surface area contributed by atoms with Crippen LogP contribution in [0.4, 0.5) is 5.69 Å². The van der Waals surface area contributed by atoms with E-state index in [9.17, 15) is 0 Å². The number of hydrogen-bond acceptors (Lipinski definition) is 1. The molecule has 0 spiro atoms. The lowest BCUT2D eigenvalue weighted by molar-refractivity contribution is -0.0101. The monoisotopic (exact) mass is 421 g/mol. The van der Waals surface area contributed by atoms with Gasteiger partial charge in [0.05, 0.1) is 0 Å². The van der Waals surface area contributed by atoms with Crippen LogP contribution in [-0.4, -0.2) is 11.5 Å². The molecule has 7 rings (SSSR count). The van der Waals surface area contributed by atoms with Crippen LogP contribution in [0.3, 0.4) is 0 Å². The summed E-state index contributed by atoms with van der Waals surface area (Å²) in [6.07, 6.45) is 10.2. The van der Waals surface area contributed by atoms with Crippen LogP contribution in [0.25, 0.3) is 21.3 Å². The highest BCUT2D eigenvalue weighted by molar-refractivity contribution is 9.15. The van der Waals surface area contributed by atoms with Crippen molar-refractivity contribution in [3.05, 3.63) is 41.5 Å². The number of guanidine groups is 1. The molecule has 4 bridgehead atoms. The third kappa shape index (κ3) is 2.49. The number of halogens is 1. The van der Waals surface area contributed by atoms with Crippen molar-refractivity contribution in [1.82, 2.24) is 5.32 Å². The minimum Gasteiger partial charge on any atom is -0.351 e. The van der Waals surface area contributed by atoms with E-state index >= 15 is 0 Å². The van der Waals surface area contributed by atoms with Crippen molar-refractivity contribution in [1.29, 1.82) is 5.41 Å². The lowest BCUT2D eigenvalue weighted by atomic mass is 9.53. The van der Waals surface area contributed by atoms with Gasteiger partial charge in [0, 0.05) is 21.1 Å². The van der Waals surface area contributed by atoms with E-state index in [1.54, 1.807) is 0 Å². The highest BCUT2D eigenvalue weighted by Crippen LogP contribution is 2.55. The van der Waals surface area contributed by atoms with Crippen LogP contribution >= 0.6 is 15.9 Å². The predicted molar refractivity (Wildman–Crippen MR) is 116 cm³/mol. The molecule has 2 aromatic rings. The summed E-state index contributed by atoms with van der Waals surface area (Å²) in [5.41, 5.74) is 3.68. The van der Waals surface area contributed by atoms with Crippen LogP contribution in [0, 0.1) is 23.2 Å². The van der Waals surface area contributed by atoms with Crippen molar-refractivity contribution < 1.29 is 0 Å². The van der Waals surface area contributed by atoms with Crippen molar-refractivity contribution in [3.63, 3.8) is 0 Å². The molecular formula is C23H24BrN3. The highest BCUT2D eigenvalue weighted by Gasteiger charge is 2.51. The van der Waals surface area contributed by atoms with E-state index in [1.807, 2.05) is 0 Å². The van der Waals surface area contributed by atoms with Gasteiger partial charge in [0.2, 0.25) is 0 Å². The summed E-state index contributed by atoms with van der Waals surface area (Å²) < 4.78 is 1.14. The first-order valence-corrected chi connectivity index (χ1v) is 10.9. The standard InChI is InChI=1S/C23H24BrN3/c24-19-9-16-4-5-20(18-3-1-2-17(19)21(16)18)26-22(25)27-23-10-13-6-14(11-23)8-15(7-13)12-23/h1-5,9,13-15H,6-8,10-12H2,(H3,25,26,27). The number of anilines is 1. The zero-order chi connectivity index (χ0) is 18.2. The molecule has 0 aromatic heterocycles. The van der Waals surface area contributed by atoms with E-state index in [4.69, 9.17) is 5.41 Å². The third-order valence-corrected chi connectivity index (χ3v) is 7.96. The van der Waals surface area contributed by atoms with E-state index in [0.717, 1.165) is 27.9 Å². The molecular weight excluding hydrogens is 398 g/mol. The van der Waals surface area contributed by atoms with Gasteiger partial charge in [-0.05, 0) is 84.9 Å². The highest BCUT2D eigenvalue weighted by atomic mass is 79.9. The van der Waals surface area contributed by atoms with E-state index in [2.05, 4.69) is 63.0 Å². The first-order valence-electron chi connectivity index (χ1n) is 10.2. The molecule has 4 saturated carbocycles. The van der Waals surface area contributed by atoms with Gasteiger partial charge in [-0.1, -0.05) is 40.2 Å². The van der Waals surface area contributed by atoms with E-state index in [1.165, 1.54) is 60.4 Å². The second-order valence-corrected chi connectivity index (χ2v) is 10.1. The van der Waals surface area contributed by atoms with Crippen LogP contribution in [0.2, 0.25) is 0 Å². The lowest BCUT2D eigenvalue weighted by Gasteiger charge is -2.57. The number of rotatable bonds is 2. The molecule has 5 aliphatic rings. The Kier molecular flexibility index (Phi) is 3.36. The number of nitrogens with one attached hydrogen (secondary N) is 3. The van der Waals surface area contributed by atoms with Crippen molar-refractivity contribution in [3.8, 4) is 0 Å². The molecule has 3 N–H and O–H groups in total. The maximum Gasteiger partial charge on any atom is 0.193 e. The van der Waals surface area contributed by atoms with Crippen molar-refractivity contribution in [2.24, 2.45) is 17.8 Å². The molecule has 5 aliphatic carbocycles. The Hall–Kier alpha value is -1.81. The molecule has 27 heavy (non-hydrogen) atoms. The van der Waals surface area contributed by atoms with Gasteiger partial charge in [0.25, 0.3) is 0 Å². The maximum atomic E-state index is 8.65. The summed E-state index contributed by atoms with van der Waals surface area (Å²) in [6, 6.07) is 10.7. The topological polar surface area (TPSA) is 47.9 Å². The average Bonchev–Trinajstić information content (AvgIpc) is 2.93. The van der Waals surface area contributed by atoms with Gasteiger partial charge in [0.15, 0.2) is 5.96 Å². The maximum absolute atomic E-state index is 8.65. The Morgan fingerprint density at radius 1 is 1.00 bits per heavy atom. The van der Waals surface area contributed by atoms with Crippen LogP contribution in [0.15, 0.2) is 30.3 Å². The summed E-state index contributed by atoms with van der Waals surface area (Å²) in [7, 11) is 0. The lowest BCUT2D eigenvalue weighted by Crippen LogP contribution is -2.60. The predicted octanol–water partition coefficient (Wildman–Crippen LogP) is 5.95. The van der Waals surface area contributed by atoms with Crippen LogP contribution in [-0.2, 0) is 0 Å². The van der Waals surface area contributed by atoms with Crippen molar-refractivity contribution in [2.45, 2.75) is 44.1 Å². The zero-order valence-electron chi connectivity index (χ0n) is 15.3. The quantitative estimate of drug-likeness (QED) is 0.414. The zero-order valence-corrected chi connectivity index (χ0v) is 16.9. The summed E-state index contributed by atoms with van der Waals surface area (Å²) in [5.74, 6) is 3.12. The van der Waals surface area contributed by atoms with Crippen molar-refractivity contribution >= 4 is 48.9 Å². The average molecular weight is 422 g/mol. The third-order valence-electron chi connectivity index (χ3n) is 7.30. The Morgan fingerprint density at radius 3 is 2.41 bits per heavy atom. The fourth-order valence-corrected chi connectivity index (χ4v) is 7.35. The SMILES string of the molecule is N=C(Nc1ccc2c3c(cccc13)C(Br)=C2)NC12CC3CC(CC(C3)C1)C2. The molecule has 3 nitrogen and oxygen atoms in total. The number of hydrogen-bond donors (Lipinski definition) is 3. The fourth-order valence-electron chi connectivity index (χ4n) is 6.77. The van der Waals surface area contributed by atoms with Crippen LogP contribution in [0.5, 0.6) is 0 Å². The molecule has 0 saturated heterocycles. The Labute approximate surface area is 168 Å². The molecule has 0 unspecified atom stereocenters. The molecule has 138 valence electrons. The van der Waals surface area contributed by atoms with Gasteiger partial charge in [-0.25, -0.2) is 0 Å². The Bertz CT molecular complexity index is 971. The first-order chi connectivity index (χ1) is 13.1. The first kappa shape index (κ1) is 16.2. The van der Waals surface area contributed by atoms with Crippen LogP contribution in [0.1, 0.15) is 49.7 Å². The van der Waals surface area contributed by atoms with Gasteiger partial charge >= 0.3 is 0 Å². The molecule has 2 aromatic carbocycles. The molecule has 4 heteroatoms. The van der Waals surface area contributed by atoms with Crippen LogP contribution < -0.4 is 10.6 Å². The van der Waals surface area contributed by atoms with E-state index in [0.29, 0.717) is 5.96 Å². The minimum absolute atomic E-state index is 0.165. The van der Waals surface area contributed by atoms with E-state index < -0.39 is 0 Å². The van der Waals surface area contributed by atoms with Gasteiger partial charge in [-0.3, -0.25) is 5.41 Å². The second kappa shape index (κ2) is 5.60. The van der Waals surface area contributed by atoms with Gasteiger partial charge in [-0.15, -0.1) is 0 Å². The Balaban J connectivity index is 1.28. The summed E-state index contributed by atoms with van der Waals surface area (Å²) >= 11 is 3.68. The van der Waals surface area contributed by atoms with Gasteiger partial charge in [-0.2, -0.15) is 0 Å². The smallest absolute Gasteiger partial charge is 0.193 e. The minimum atomic E-state index is 0.165. The van der Waals surface area contributed by atoms with E-state index in [-0.39, 0.29) is 5.54 Å². The normalized spacial score (nSPS) is 32.6. The fraction of sp³-hybridized carbons (Fsp3) is 0.435. The molecule has 0 heterocycles. The van der Waals surface area contributed by atoms with Gasteiger partial charge < -0.3 is 10.6 Å². The second-order valence-electron chi connectivity index (χ2n) is 9.25. The molecule has 0 aliphatic heterocycles. The molecule has 0 atom stereocenters. The molecule has 0 amide bonds. The molecule has 4 fully saturated rings. The number of benzene rings is 2.